The van der Waals surface area contributed by atoms with Gasteiger partial charge >= 0.3 is 0 Å². The van der Waals surface area contributed by atoms with E-state index in [1.807, 2.05) is 82.3 Å². The first-order valence-corrected chi connectivity index (χ1v) is 11.9. The molecule has 1 unspecified atom stereocenters. The maximum atomic E-state index is 13.7. The van der Waals surface area contributed by atoms with Gasteiger partial charge in [-0.1, -0.05) is 54.6 Å². The SMILES string of the molecule is CCOCCCN(C(=O)Cn1nnc2ccccc21)C(C(=O)NC(C)(C)CC)c1ccccc1. The van der Waals surface area contributed by atoms with Crippen molar-refractivity contribution in [3.05, 3.63) is 60.2 Å². The lowest BCUT2D eigenvalue weighted by molar-refractivity contribution is -0.142. The summed E-state index contributed by atoms with van der Waals surface area (Å²) in [4.78, 5) is 28.9. The summed E-state index contributed by atoms with van der Waals surface area (Å²) in [5, 5.41) is 11.5. The predicted molar refractivity (Wildman–Crippen MR) is 132 cm³/mol. The number of carbonyl (C=O) groups excluding carboxylic acids is 2. The molecule has 0 aliphatic rings. The van der Waals surface area contributed by atoms with Crippen molar-refractivity contribution in [2.24, 2.45) is 0 Å². The third-order valence-corrected chi connectivity index (χ3v) is 5.94. The van der Waals surface area contributed by atoms with E-state index in [1.54, 1.807) is 9.58 Å². The van der Waals surface area contributed by atoms with E-state index in [-0.39, 0.29) is 18.4 Å². The molecular formula is C26H35N5O3. The van der Waals surface area contributed by atoms with Crippen LogP contribution in [0.1, 0.15) is 52.1 Å². The molecule has 1 atom stereocenters. The number of nitrogens with one attached hydrogen (secondary N) is 1. The molecule has 1 N–H and O–H groups in total. The normalized spacial score (nSPS) is 12.5. The van der Waals surface area contributed by atoms with E-state index in [4.69, 9.17) is 4.74 Å². The predicted octanol–water partition coefficient (Wildman–Crippen LogP) is 3.73. The number of amides is 2. The maximum absolute atomic E-state index is 13.7. The van der Waals surface area contributed by atoms with Crippen molar-refractivity contribution in [1.29, 1.82) is 0 Å². The van der Waals surface area contributed by atoms with E-state index in [2.05, 4.69) is 15.6 Å². The van der Waals surface area contributed by atoms with Crippen LogP contribution >= 0.6 is 0 Å². The van der Waals surface area contributed by atoms with Crippen LogP contribution in [0, 0.1) is 0 Å². The topological polar surface area (TPSA) is 89.3 Å². The number of nitrogens with zero attached hydrogens (tertiary/aromatic N) is 4. The molecule has 3 rings (SSSR count). The number of carbonyl (C=O) groups is 2. The van der Waals surface area contributed by atoms with Crippen LogP contribution in [-0.2, 0) is 20.9 Å². The highest BCUT2D eigenvalue weighted by Crippen LogP contribution is 2.24. The molecule has 0 saturated carbocycles. The molecule has 3 aromatic rings. The fourth-order valence-electron chi connectivity index (χ4n) is 3.73. The van der Waals surface area contributed by atoms with Crippen LogP contribution in [0.4, 0.5) is 0 Å². The average molecular weight is 466 g/mol. The van der Waals surface area contributed by atoms with Crippen LogP contribution in [0.3, 0.4) is 0 Å². The lowest BCUT2D eigenvalue weighted by Crippen LogP contribution is -2.51. The van der Waals surface area contributed by atoms with Crippen molar-refractivity contribution >= 4 is 22.8 Å². The summed E-state index contributed by atoms with van der Waals surface area (Å²) >= 11 is 0. The Morgan fingerprint density at radius 1 is 1.09 bits per heavy atom. The van der Waals surface area contributed by atoms with Crippen molar-refractivity contribution < 1.29 is 14.3 Å². The zero-order chi connectivity index (χ0) is 24.6. The first-order valence-electron chi connectivity index (χ1n) is 11.9. The molecule has 2 aromatic carbocycles. The number of aromatic nitrogens is 3. The van der Waals surface area contributed by atoms with Crippen LogP contribution in [0.15, 0.2) is 54.6 Å². The lowest BCUT2D eigenvalue weighted by atomic mass is 9.98. The minimum absolute atomic E-state index is 0.0110. The molecule has 34 heavy (non-hydrogen) atoms. The monoisotopic (exact) mass is 465 g/mol. The molecule has 8 nitrogen and oxygen atoms in total. The van der Waals surface area contributed by atoms with Gasteiger partial charge in [0.1, 0.15) is 18.1 Å². The Hall–Kier alpha value is -3.26. The van der Waals surface area contributed by atoms with Crippen molar-refractivity contribution in [2.45, 2.75) is 58.7 Å². The Kier molecular flexibility index (Phi) is 8.76. The van der Waals surface area contributed by atoms with Crippen molar-refractivity contribution in [3.8, 4) is 0 Å². The third-order valence-electron chi connectivity index (χ3n) is 5.94. The Labute approximate surface area is 201 Å². The number of hydrogen-bond acceptors (Lipinski definition) is 5. The summed E-state index contributed by atoms with van der Waals surface area (Å²) in [6, 6.07) is 16.2. The van der Waals surface area contributed by atoms with E-state index in [1.165, 1.54) is 0 Å². The molecule has 8 heteroatoms. The van der Waals surface area contributed by atoms with Crippen LogP contribution in [-0.4, -0.2) is 57.0 Å². The molecular weight excluding hydrogens is 430 g/mol. The second-order valence-electron chi connectivity index (χ2n) is 8.91. The number of ether oxygens (including phenoxy) is 1. The van der Waals surface area contributed by atoms with Gasteiger partial charge in [-0.3, -0.25) is 9.59 Å². The van der Waals surface area contributed by atoms with Gasteiger partial charge in [-0.2, -0.15) is 0 Å². The summed E-state index contributed by atoms with van der Waals surface area (Å²) < 4.78 is 7.09. The fourth-order valence-corrected chi connectivity index (χ4v) is 3.73. The molecule has 0 bridgehead atoms. The Bertz CT molecular complexity index is 1080. The molecule has 182 valence electrons. The van der Waals surface area contributed by atoms with Crippen LogP contribution < -0.4 is 5.32 Å². The number of rotatable bonds is 12. The second kappa shape index (κ2) is 11.7. The summed E-state index contributed by atoms with van der Waals surface area (Å²) in [5.74, 6) is -0.406. The largest absolute Gasteiger partial charge is 0.382 e. The second-order valence-corrected chi connectivity index (χ2v) is 8.91. The minimum atomic E-state index is -0.768. The molecule has 0 radical (unpaired) electrons. The molecule has 0 spiro atoms. The Morgan fingerprint density at radius 3 is 2.50 bits per heavy atom. The molecule has 1 heterocycles. The molecule has 0 aliphatic heterocycles. The fraction of sp³-hybridized carbons (Fsp3) is 0.462. The quantitative estimate of drug-likeness (QED) is 0.412. The summed E-state index contributed by atoms with van der Waals surface area (Å²) in [6.07, 6.45) is 1.38. The first kappa shape index (κ1) is 25.4. The van der Waals surface area contributed by atoms with Gasteiger partial charge < -0.3 is 15.0 Å². The summed E-state index contributed by atoms with van der Waals surface area (Å²) in [7, 11) is 0. The van der Waals surface area contributed by atoms with Crippen LogP contribution in [0.2, 0.25) is 0 Å². The minimum Gasteiger partial charge on any atom is -0.382 e. The van der Waals surface area contributed by atoms with Gasteiger partial charge in [-0.05, 0) is 51.3 Å². The Morgan fingerprint density at radius 2 is 1.79 bits per heavy atom. The van der Waals surface area contributed by atoms with E-state index >= 15 is 0 Å². The molecule has 2 amide bonds. The Balaban J connectivity index is 1.94. The highest BCUT2D eigenvalue weighted by atomic mass is 16.5. The average Bonchev–Trinajstić information content (AvgIpc) is 3.24. The van der Waals surface area contributed by atoms with Crippen molar-refractivity contribution in [2.75, 3.05) is 19.8 Å². The van der Waals surface area contributed by atoms with Crippen LogP contribution in [0.5, 0.6) is 0 Å². The van der Waals surface area contributed by atoms with Crippen molar-refractivity contribution in [3.63, 3.8) is 0 Å². The van der Waals surface area contributed by atoms with Gasteiger partial charge in [0, 0.05) is 25.3 Å². The van der Waals surface area contributed by atoms with Crippen molar-refractivity contribution in [1.82, 2.24) is 25.2 Å². The highest BCUT2D eigenvalue weighted by molar-refractivity contribution is 5.89. The van der Waals surface area contributed by atoms with Gasteiger partial charge in [0.05, 0.1) is 5.52 Å². The van der Waals surface area contributed by atoms with Gasteiger partial charge in [0.25, 0.3) is 0 Å². The maximum Gasteiger partial charge on any atom is 0.247 e. The van der Waals surface area contributed by atoms with Gasteiger partial charge in [-0.25, -0.2) is 4.68 Å². The molecule has 1 aromatic heterocycles. The molecule has 0 fully saturated rings. The number of hydrogen-bond donors (Lipinski definition) is 1. The zero-order valence-corrected chi connectivity index (χ0v) is 20.5. The van der Waals surface area contributed by atoms with Gasteiger partial charge in [0.2, 0.25) is 11.8 Å². The number of fused-ring (bicyclic) bond motifs is 1. The number of para-hydroxylation sites is 1. The molecule has 0 aliphatic carbocycles. The summed E-state index contributed by atoms with van der Waals surface area (Å²) in [5.41, 5.74) is 1.87. The lowest BCUT2D eigenvalue weighted by Gasteiger charge is -2.34. The van der Waals surface area contributed by atoms with E-state index in [9.17, 15) is 9.59 Å². The van der Waals surface area contributed by atoms with Crippen LogP contribution in [0.25, 0.3) is 11.0 Å². The highest BCUT2D eigenvalue weighted by Gasteiger charge is 2.33. The standard InChI is InChI=1S/C26H35N5O3/c1-5-26(3,4)27-25(33)24(20-13-8-7-9-14-20)30(17-12-18-34-6-2)23(32)19-31-22-16-11-10-15-21(22)28-29-31/h7-11,13-16,24H,5-6,12,17-19H2,1-4H3,(H,27,33). The third kappa shape index (κ3) is 6.41. The smallest absolute Gasteiger partial charge is 0.247 e. The van der Waals surface area contributed by atoms with E-state index in [0.717, 1.165) is 23.0 Å². The number of benzene rings is 2. The van der Waals surface area contributed by atoms with Gasteiger partial charge in [0.15, 0.2) is 0 Å². The zero-order valence-electron chi connectivity index (χ0n) is 20.5. The summed E-state index contributed by atoms with van der Waals surface area (Å²) in [6.45, 7) is 9.41. The van der Waals surface area contributed by atoms with Gasteiger partial charge in [-0.15, -0.1) is 5.10 Å². The van der Waals surface area contributed by atoms with E-state index < -0.39 is 11.6 Å². The molecule has 0 saturated heterocycles. The van der Waals surface area contributed by atoms with E-state index in [0.29, 0.717) is 26.2 Å². The first-order chi connectivity index (χ1) is 16.4.